The number of hydrogen-bond donors (Lipinski definition) is 1. The van der Waals surface area contributed by atoms with Crippen molar-refractivity contribution < 1.29 is 13.9 Å². The van der Waals surface area contributed by atoms with Gasteiger partial charge in [-0.25, -0.2) is 14.8 Å². The predicted molar refractivity (Wildman–Crippen MR) is 152 cm³/mol. The molecule has 0 aliphatic heterocycles. The van der Waals surface area contributed by atoms with Gasteiger partial charge in [0.2, 0.25) is 0 Å². The normalized spacial score (nSPS) is 11.1. The zero-order valence-electron chi connectivity index (χ0n) is 19.6. The average molecular weight is 601 g/mol. The van der Waals surface area contributed by atoms with Crippen LogP contribution in [0.15, 0.2) is 108 Å². The molecule has 7 heteroatoms. The second-order valence-electron chi connectivity index (χ2n) is 8.25. The zero-order chi connectivity index (χ0) is 25.6. The molecule has 0 radical (unpaired) electrons. The van der Waals surface area contributed by atoms with Crippen molar-refractivity contribution in [3.63, 3.8) is 0 Å². The molecule has 4 aromatic carbocycles. The van der Waals surface area contributed by atoms with E-state index in [-0.39, 0.29) is 18.3 Å². The molecule has 0 bridgehead atoms. The van der Waals surface area contributed by atoms with Crippen molar-refractivity contribution in [3.8, 4) is 17.0 Å². The first-order chi connectivity index (χ1) is 18.1. The van der Waals surface area contributed by atoms with Gasteiger partial charge in [0.15, 0.2) is 0 Å². The van der Waals surface area contributed by atoms with Gasteiger partial charge in [-0.3, -0.25) is 4.79 Å². The lowest BCUT2D eigenvalue weighted by molar-refractivity contribution is 0.0956. The Morgan fingerprint density at radius 3 is 2.57 bits per heavy atom. The van der Waals surface area contributed by atoms with Crippen LogP contribution in [0.4, 0.5) is 4.39 Å². The number of nitrogens with one attached hydrogen (secondary N) is 1. The first kappa shape index (κ1) is 24.6. The number of ether oxygens (including phenoxy) is 1. The van der Waals surface area contributed by atoms with E-state index in [1.807, 2.05) is 78.9 Å². The fourth-order valence-electron chi connectivity index (χ4n) is 3.85. The fraction of sp³-hybridized carbons (Fsp3) is 0.0333. The van der Waals surface area contributed by atoms with Crippen LogP contribution < -0.4 is 10.2 Å². The van der Waals surface area contributed by atoms with Gasteiger partial charge in [-0.1, -0.05) is 60.7 Å². The van der Waals surface area contributed by atoms with Crippen molar-refractivity contribution in [2.24, 2.45) is 5.10 Å². The number of hydrazone groups is 1. The maximum absolute atomic E-state index is 13.4. The van der Waals surface area contributed by atoms with Gasteiger partial charge in [-0.2, -0.15) is 5.10 Å². The van der Waals surface area contributed by atoms with Gasteiger partial charge in [0, 0.05) is 10.9 Å². The number of amides is 1. The molecule has 0 aliphatic rings. The molecule has 0 atom stereocenters. The van der Waals surface area contributed by atoms with E-state index in [1.165, 1.54) is 12.1 Å². The molecule has 5 rings (SSSR count). The quantitative estimate of drug-likeness (QED) is 0.124. The number of benzene rings is 4. The third-order valence-corrected chi connectivity index (χ3v) is 6.49. The molecule has 37 heavy (non-hydrogen) atoms. The average Bonchev–Trinajstić information content (AvgIpc) is 2.92. The Kier molecular flexibility index (Phi) is 7.51. The van der Waals surface area contributed by atoms with E-state index < -0.39 is 0 Å². The van der Waals surface area contributed by atoms with Gasteiger partial charge in [0.25, 0.3) is 5.91 Å². The van der Waals surface area contributed by atoms with Crippen molar-refractivity contribution in [3.05, 3.63) is 129 Å². The molecule has 1 aromatic heterocycles. The van der Waals surface area contributed by atoms with Crippen LogP contribution in [0.5, 0.6) is 5.75 Å². The number of para-hydroxylation sites is 1. The Morgan fingerprint density at radius 1 is 0.946 bits per heavy atom. The van der Waals surface area contributed by atoms with E-state index in [0.29, 0.717) is 11.3 Å². The molecular weight excluding hydrogens is 580 g/mol. The number of carbonyl (C=O) groups excluding carboxylic acids is 1. The molecule has 0 spiro atoms. The van der Waals surface area contributed by atoms with Crippen LogP contribution in [-0.2, 0) is 6.61 Å². The molecule has 0 unspecified atom stereocenters. The number of halogens is 2. The highest BCUT2D eigenvalue weighted by molar-refractivity contribution is 14.1. The summed E-state index contributed by atoms with van der Waals surface area (Å²) in [5, 5.41) is 4.92. The number of hydrogen-bond acceptors (Lipinski definition) is 4. The van der Waals surface area contributed by atoms with Crippen molar-refractivity contribution in [2.75, 3.05) is 0 Å². The molecule has 0 saturated heterocycles. The summed E-state index contributed by atoms with van der Waals surface area (Å²) in [6.07, 6.45) is 1.58. The summed E-state index contributed by atoms with van der Waals surface area (Å²) >= 11 is 2.17. The minimum absolute atomic E-state index is 0.266. The molecule has 1 heterocycles. The fourth-order valence-corrected chi connectivity index (χ4v) is 4.54. The molecule has 182 valence electrons. The largest absolute Gasteiger partial charge is 0.488 e. The SMILES string of the molecule is O=C(N/N=C/c1ccc(OCc2cccc(F)c2)c(I)c1)c1cc(-c2ccccc2)nc2ccccc12. The summed E-state index contributed by atoms with van der Waals surface area (Å²) in [6, 6.07) is 31.0. The highest BCUT2D eigenvalue weighted by Gasteiger charge is 2.13. The van der Waals surface area contributed by atoms with Crippen molar-refractivity contribution in [2.45, 2.75) is 6.61 Å². The van der Waals surface area contributed by atoms with Crippen LogP contribution in [0.2, 0.25) is 0 Å². The number of aromatic nitrogens is 1. The second kappa shape index (κ2) is 11.3. The molecule has 5 aromatic rings. The summed E-state index contributed by atoms with van der Waals surface area (Å²) in [6.45, 7) is 0.266. The van der Waals surface area contributed by atoms with E-state index in [9.17, 15) is 9.18 Å². The topological polar surface area (TPSA) is 63.6 Å². The monoisotopic (exact) mass is 601 g/mol. The van der Waals surface area contributed by atoms with Crippen LogP contribution in [0, 0.1) is 9.39 Å². The summed E-state index contributed by atoms with van der Waals surface area (Å²) < 4.78 is 20.1. The number of carbonyl (C=O) groups is 1. The Labute approximate surface area is 227 Å². The summed E-state index contributed by atoms with van der Waals surface area (Å²) in [5.74, 6) is 0.0694. The summed E-state index contributed by atoms with van der Waals surface area (Å²) in [4.78, 5) is 17.8. The Hall–Kier alpha value is -4.11. The van der Waals surface area contributed by atoms with Gasteiger partial charge in [0.05, 0.1) is 26.6 Å². The van der Waals surface area contributed by atoms with Gasteiger partial charge in [-0.05, 0) is 76.2 Å². The Morgan fingerprint density at radius 2 is 1.76 bits per heavy atom. The molecule has 1 amide bonds. The molecule has 5 nitrogen and oxygen atoms in total. The number of rotatable bonds is 7. The lowest BCUT2D eigenvalue weighted by Gasteiger charge is -2.09. The number of pyridine rings is 1. The third kappa shape index (κ3) is 6.00. The molecule has 0 fully saturated rings. The van der Waals surface area contributed by atoms with Gasteiger partial charge < -0.3 is 4.74 Å². The van der Waals surface area contributed by atoms with E-state index in [0.717, 1.165) is 36.9 Å². The third-order valence-electron chi connectivity index (χ3n) is 5.65. The van der Waals surface area contributed by atoms with Crippen LogP contribution in [0.1, 0.15) is 21.5 Å². The first-order valence-electron chi connectivity index (χ1n) is 11.5. The van der Waals surface area contributed by atoms with Crippen LogP contribution in [0.3, 0.4) is 0 Å². The van der Waals surface area contributed by atoms with Crippen molar-refractivity contribution in [1.82, 2.24) is 10.4 Å². The van der Waals surface area contributed by atoms with E-state index in [2.05, 4.69) is 33.1 Å². The summed E-state index contributed by atoms with van der Waals surface area (Å²) in [5.41, 5.74) is 7.07. The first-order valence-corrected chi connectivity index (χ1v) is 12.6. The zero-order valence-corrected chi connectivity index (χ0v) is 21.7. The highest BCUT2D eigenvalue weighted by Crippen LogP contribution is 2.25. The lowest BCUT2D eigenvalue weighted by atomic mass is 10.0. The minimum Gasteiger partial charge on any atom is -0.488 e. The maximum Gasteiger partial charge on any atom is 0.272 e. The van der Waals surface area contributed by atoms with Gasteiger partial charge >= 0.3 is 0 Å². The smallest absolute Gasteiger partial charge is 0.272 e. The van der Waals surface area contributed by atoms with E-state index >= 15 is 0 Å². The van der Waals surface area contributed by atoms with Crippen LogP contribution in [-0.4, -0.2) is 17.1 Å². The van der Waals surface area contributed by atoms with Crippen molar-refractivity contribution in [1.29, 1.82) is 0 Å². The van der Waals surface area contributed by atoms with Gasteiger partial charge in [-0.15, -0.1) is 0 Å². The number of fused-ring (bicyclic) bond motifs is 1. The molecular formula is C30H21FIN3O2. The van der Waals surface area contributed by atoms with E-state index in [4.69, 9.17) is 9.72 Å². The Balaban J connectivity index is 1.30. The molecule has 0 saturated carbocycles. The lowest BCUT2D eigenvalue weighted by Crippen LogP contribution is -2.18. The van der Waals surface area contributed by atoms with Crippen LogP contribution in [0.25, 0.3) is 22.2 Å². The number of nitrogens with zero attached hydrogens (tertiary/aromatic N) is 2. The van der Waals surface area contributed by atoms with Crippen molar-refractivity contribution >= 4 is 45.6 Å². The predicted octanol–water partition coefficient (Wildman–Crippen LogP) is 6.99. The molecule has 1 N–H and O–H groups in total. The Bertz CT molecular complexity index is 1610. The maximum atomic E-state index is 13.4. The minimum atomic E-state index is -0.322. The van der Waals surface area contributed by atoms with Crippen LogP contribution >= 0.6 is 22.6 Å². The second-order valence-corrected chi connectivity index (χ2v) is 9.41. The standard InChI is InChI=1S/C30H21FIN3O2/c31-23-10-6-7-21(15-23)19-37-29-14-13-20(16-26(29)32)18-33-35-30(36)25-17-28(22-8-2-1-3-9-22)34-27-12-5-4-11-24(25)27/h1-18H,19H2,(H,35,36)/b33-18+. The highest BCUT2D eigenvalue weighted by atomic mass is 127. The molecule has 0 aliphatic carbocycles. The summed E-state index contributed by atoms with van der Waals surface area (Å²) in [7, 11) is 0. The van der Waals surface area contributed by atoms with E-state index in [1.54, 1.807) is 18.3 Å². The van der Waals surface area contributed by atoms with Gasteiger partial charge in [0.1, 0.15) is 18.2 Å².